The third kappa shape index (κ3) is 4.09. The molecule has 0 bridgehead atoms. The number of pyridine rings is 1. The van der Waals surface area contributed by atoms with E-state index in [1.54, 1.807) is 37.5 Å². The van der Waals surface area contributed by atoms with E-state index < -0.39 is 17.6 Å². The maximum absolute atomic E-state index is 13.1. The van der Waals surface area contributed by atoms with Crippen molar-refractivity contribution in [2.75, 3.05) is 0 Å². The highest BCUT2D eigenvalue weighted by atomic mass is 19.4. The van der Waals surface area contributed by atoms with Crippen molar-refractivity contribution in [1.82, 2.24) is 19.9 Å². The summed E-state index contributed by atoms with van der Waals surface area (Å²) in [5.41, 5.74) is 0.820. The number of hydrogen-bond acceptors (Lipinski definition) is 4. The monoisotopic (exact) mass is 438 g/mol. The first-order valence-electron chi connectivity index (χ1n) is 9.61. The van der Waals surface area contributed by atoms with E-state index in [0.29, 0.717) is 16.7 Å². The Morgan fingerprint density at radius 2 is 1.75 bits per heavy atom. The molecule has 0 radical (unpaired) electrons. The highest BCUT2D eigenvalue weighted by Crippen LogP contribution is 2.31. The minimum atomic E-state index is -4.50. The summed E-state index contributed by atoms with van der Waals surface area (Å²) in [7, 11) is 1.60. The maximum atomic E-state index is 13.1. The number of rotatable bonds is 4. The van der Waals surface area contributed by atoms with Crippen molar-refractivity contribution in [2.45, 2.75) is 12.7 Å². The molecule has 0 fully saturated rings. The Hall–Kier alpha value is -4.01. The molecule has 0 spiro atoms. The van der Waals surface area contributed by atoms with Crippen molar-refractivity contribution in [3.8, 4) is 11.3 Å². The lowest BCUT2D eigenvalue weighted by atomic mass is 10.1. The van der Waals surface area contributed by atoms with Crippen molar-refractivity contribution in [2.24, 2.45) is 7.05 Å². The molecule has 32 heavy (non-hydrogen) atoms. The van der Waals surface area contributed by atoms with Crippen LogP contribution >= 0.6 is 0 Å². The molecule has 0 aliphatic carbocycles. The van der Waals surface area contributed by atoms with Gasteiger partial charge in [0, 0.05) is 30.9 Å². The molecule has 4 rings (SSSR count). The number of carbonyl (C=O) groups is 1. The topological polar surface area (TPSA) is 76.9 Å². The molecule has 0 aliphatic rings. The van der Waals surface area contributed by atoms with Crippen LogP contribution in [-0.4, -0.2) is 20.4 Å². The second-order valence-electron chi connectivity index (χ2n) is 7.09. The molecular formula is C23H17F3N4O2. The smallest absolute Gasteiger partial charge is 0.348 e. The molecule has 0 unspecified atom stereocenters. The predicted molar refractivity (Wildman–Crippen MR) is 113 cm³/mol. The highest BCUT2D eigenvalue weighted by Gasteiger charge is 2.32. The zero-order valence-electron chi connectivity index (χ0n) is 16.8. The van der Waals surface area contributed by atoms with Crippen LogP contribution in [0.2, 0.25) is 0 Å². The fourth-order valence-corrected chi connectivity index (χ4v) is 3.35. The molecule has 4 aromatic rings. The third-order valence-electron chi connectivity index (χ3n) is 5.01. The fraction of sp³-hybridized carbons (Fsp3) is 0.130. The van der Waals surface area contributed by atoms with E-state index in [-0.39, 0.29) is 28.9 Å². The predicted octanol–water partition coefficient (Wildman–Crippen LogP) is 3.94. The van der Waals surface area contributed by atoms with Gasteiger partial charge >= 0.3 is 6.18 Å². The Kier molecular flexibility index (Phi) is 5.48. The van der Waals surface area contributed by atoms with Crippen molar-refractivity contribution in [3.63, 3.8) is 0 Å². The largest absolute Gasteiger partial charge is 0.416 e. The van der Waals surface area contributed by atoms with Gasteiger partial charge in [-0.05, 0) is 35.9 Å². The average Bonchev–Trinajstić information content (AvgIpc) is 2.79. The fourth-order valence-electron chi connectivity index (χ4n) is 3.35. The number of benzene rings is 2. The van der Waals surface area contributed by atoms with Crippen LogP contribution in [0.25, 0.3) is 22.4 Å². The second-order valence-corrected chi connectivity index (χ2v) is 7.09. The van der Waals surface area contributed by atoms with Crippen LogP contribution in [0, 0.1) is 0 Å². The minimum Gasteiger partial charge on any atom is -0.348 e. The van der Waals surface area contributed by atoms with Gasteiger partial charge in [0.1, 0.15) is 11.2 Å². The number of nitrogens with one attached hydrogen (secondary N) is 1. The number of aromatic nitrogens is 3. The number of carbonyl (C=O) groups excluding carboxylic acids is 1. The van der Waals surface area contributed by atoms with E-state index in [0.717, 1.165) is 6.07 Å². The second kappa shape index (κ2) is 8.26. The number of fused-ring (bicyclic) bond motifs is 1. The summed E-state index contributed by atoms with van der Waals surface area (Å²) in [6.07, 6.45) is -2.93. The van der Waals surface area contributed by atoms with Gasteiger partial charge in [0.05, 0.1) is 5.56 Å². The Balaban J connectivity index is 1.55. The molecule has 2 aromatic heterocycles. The van der Waals surface area contributed by atoms with Crippen LogP contribution in [0.5, 0.6) is 0 Å². The summed E-state index contributed by atoms with van der Waals surface area (Å²) < 4.78 is 40.7. The van der Waals surface area contributed by atoms with Crippen LogP contribution in [0.3, 0.4) is 0 Å². The van der Waals surface area contributed by atoms with Crippen LogP contribution < -0.4 is 10.9 Å². The molecule has 1 amide bonds. The number of amides is 1. The molecule has 0 saturated heterocycles. The van der Waals surface area contributed by atoms with Gasteiger partial charge in [0.25, 0.3) is 11.5 Å². The number of hydrogen-bond donors (Lipinski definition) is 1. The summed E-state index contributed by atoms with van der Waals surface area (Å²) in [4.78, 5) is 33.6. The summed E-state index contributed by atoms with van der Waals surface area (Å²) in [5, 5.41) is 2.50. The lowest BCUT2D eigenvalue weighted by molar-refractivity contribution is -0.138. The molecule has 1 N–H and O–H groups in total. The number of nitrogens with zero attached hydrogens (tertiary/aromatic N) is 3. The van der Waals surface area contributed by atoms with Gasteiger partial charge in [-0.3, -0.25) is 14.2 Å². The lowest BCUT2D eigenvalue weighted by Crippen LogP contribution is -2.24. The zero-order chi connectivity index (χ0) is 22.9. The molecule has 0 saturated carbocycles. The molecule has 162 valence electrons. The Bertz CT molecular complexity index is 1360. The standard InChI is InChI=1S/C23H17F3N4O2/c1-30-20-18(7-4-12-27-20)29-19(22(30)32)14-8-10-15(11-9-14)21(31)28-13-16-5-2-3-6-17(16)23(24,25)26/h2-12H,13H2,1H3,(H,28,31). The van der Waals surface area contributed by atoms with Crippen molar-refractivity contribution < 1.29 is 18.0 Å². The molecule has 9 heteroatoms. The molecular weight excluding hydrogens is 421 g/mol. The first-order valence-corrected chi connectivity index (χ1v) is 9.61. The van der Waals surface area contributed by atoms with Gasteiger partial charge in [-0.1, -0.05) is 30.3 Å². The molecule has 6 nitrogen and oxygen atoms in total. The van der Waals surface area contributed by atoms with Crippen LogP contribution in [0.4, 0.5) is 13.2 Å². The van der Waals surface area contributed by atoms with Crippen LogP contribution in [-0.2, 0) is 19.8 Å². The Morgan fingerprint density at radius 3 is 2.47 bits per heavy atom. The quantitative estimate of drug-likeness (QED) is 0.524. The number of alkyl halides is 3. The van der Waals surface area contributed by atoms with Gasteiger partial charge in [-0.15, -0.1) is 0 Å². The van der Waals surface area contributed by atoms with Gasteiger partial charge in [0.15, 0.2) is 5.65 Å². The lowest BCUT2D eigenvalue weighted by Gasteiger charge is -2.13. The summed E-state index contributed by atoms with van der Waals surface area (Å²) in [5.74, 6) is -0.530. The van der Waals surface area contributed by atoms with Crippen LogP contribution in [0.15, 0.2) is 71.7 Å². The summed E-state index contributed by atoms with van der Waals surface area (Å²) in [6.45, 7) is -0.268. The molecule has 0 aliphatic heterocycles. The van der Waals surface area contributed by atoms with Crippen molar-refractivity contribution >= 4 is 17.1 Å². The summed E-state index contributed by atoms with van der Waals surface area (Å²) >= 11 is 0. The van der Waals surface area contributed by atoms with E-state index in [1.807, 2.05) is 0 Å². The van der Waals surface area contributed by atoms with E-state index >= 15 is 0 Å². The number of aryl methyl sites for hydroxylation is 1. The normalized spacial score (nSPS) is 11.5. The van der Waals surface area contributed by atoms with Crippen molar-refractivity contribution in [3.05, 3.63) is 93.9 Å². The number of halogens is 3. The van der Waals surface area contributed by atoms with Gasteiger partial charge in [-0.2, -0.15) is 13.2 Å². The molecule has 2 aromatic carbocycles. The Labute approximate surface area is 180 Å². The van der Waals surface area contributed by atoms with E-state index in [4.69, 9.17) is 0 Å². The Morgan fingerprint density at radius 1 is 1.03 bits per heavy atom. The third-order valence-corrected chi connectivity index (χ3v) is 5.01. The minimum absolute atomic E-state index is 0.0255. The maximum Gasteiger partial charge on any atom is 0.416 e. The SMILES string of the molecule is Cn1c(=O)c(-c2ccc(C(=O)NCc3ccccc3C(F)(F)F)cc2)nc2cccnc21. The first kappa shape index (κ1) is 21.2. The first-order chi connectivity index (χ1) is 15.3. The highest BCUT2D eigenvalue weighted by molar-refractivity contribution is 5.94. The van der Waals surface area contributed by atoms with Gasteiger partial charge in [0.2, 0.25) is 0 Å². The average molecular weight is 438 g/mol. The molecule has 0 atom stereocenters. The van der Waals surface area contributed by atoms with Crippen LogP contribution in [0.1, 0.15) is 21.5 Å². The van der Waals surface area contributed by atoms with Gasteiger partial charge < -0.3 is 5.32 Å². The summed E-state index contributed by atoms with van der Waals surface area (Å²) in [6, 6.07) is 14.7. The van der Waals surface area contributed by atoms with Gasteiger partial charge in [-0.25, -0.2) is 9.97 Å². The van der Waals surface area contributed by atoms with Crippen molar-refractivity contribution in [1.29, 1.82) is 0 Å². The zero-order valence-corrected chi connectivity index (χ0v) is 16.8. The van der Waals surface area contributed by atoms with E-state index in [1.165, 1.54) is 34.9 Å². The van der Waals surface area contributed by atoms with E-state index in [2.05, 4.69) is 15.3 Å². The van der Waals surface area contributed by atoms with E-state index in [9.17, 15) is 22.8 Å². The molecule has 2 heterocycles.